The van der Waals surface area contributed by atoms with Crippen molar-refractivity contribution in [3.05, 3.63) is 18.2 Å². The van der Waals surface area contributed by atoms with Gasteiger partial charge >= 0.3 is 0 Å². The summed E-state index contributed by atoms with van der Waals surface area (Å²) in [4.78, 5) is 9.87. The third kappa shape index (κ3) is 7.08. The van der Waals surface area contributed by atoms with Crippen LogP contribution in [0.1, 0.15) is 33.1 Å². The van der Waals surface area contributed by atoms with Crippen LogP contribution in [-0.4, -0.2) is 5.94 Å². The van der Waals surface area contributed by atoms with Crippen molar-refractivity contribution in [2.24, 2.45) is 5.92 Å². The van der Waals surface area contributed by atoms with E-state index in [1.54, 1.807) is 5.94 Å². The molecule has 0 aromatic carbocycles. The van der Waals surface area contributed by atoms with Gasteiger partial charge in [0.15, 0.2) is 0 Å². The lowest BCUT2D eigenvalue weighted by Crippen LogP contribution is -1.87. The lowest BCUT2D eigenvalue weighted by atomic mass is 10.0. The van der Waals surface area contributed by atoms with Crippen LogP contribution in [0.2, 0.25) is 0 Å². The summed E-state index contributed by atoms with van der Waals surface area (Å²) < 4.78 is 0. The van der Waals surface area contributed by atoms with Gasteiger partial charge in [-0.15, -0.1) is 0 Å². The van der Waals surface area contributed by atoms with Gasteiger partial charge in [0, 0.05) is 6.08 Å². The normalized spacial score (nSPS) is 9.36. The molecule has 0 N–H and O–H groups in total. The minimum absolute atomic E-state index is 0.739. The molecule has 0 amide bonds. The van der Waals surface area contributed by atoms with Gasteiger partial charge in [0.25, 0.3) is 0 Å². The van der Waals surface area contributed by atoms with Crippen LogP contribution < -0.4 is 0 Å². The molecule has 0 heterocycles. The highest BCUT2D eigenvalue weighted by atomic mass is 16.1. The van der Waals surface area contributed by atoms with Crippen molar-refractivity contribution in [2.75, 3.05) is 0 Å². The van der Waals surface area contributed by atoms with E-state index in [1.807, 2.05) is 0 Å². The Morgan fingerprint density at radius 2 is 2.27 bits per heavy atom. The second-order valence-corrected chi connectivity index (χ2v) is 3.21. The molecular formula is C10H16O. The van der Waals surface area contributed by atoms with Crippen LogP contribution in [0.3, 0.4) is 0 Å². The summed E-state index contributed by atoms with van der Waals surface area (Å²) in [5, 5.41) is 0. The zero-order valence-corrected chi connectivity index (χ0v) is 7.39. The van der Waals surface area contributed by atoms with Gasteiger partial charge in [0.2, 0.25) is 0 Å². The summed E-state index contributed by atoms with van der Waals surface area (Å²) >= 11 is 0. The molecule has 1 heteroatoms. The molecule has 0 aliphatic rings. The molecule has 0 atom stereocenters. The van der Waals surface area contributed by atoms with Gasteiger partial charge in [0.1, 0.15) is 5.94 Å². The average molecular weight is 152 g/mol. The molecule has 0 aromatic rings. The van der Waals surface area contributed by atoms with Crippen LogP contribution >= 0.6 is 0 Å². The van der Waals surface area contributed by atoms with Crippen LogP contribution in [-0.2, 0) is 4.79 Å². The van der Waals surface area contributed by atoms with E-state index in [0.717, 1.165) is 24.3 Å². The second-order valence-electron chi connectivity index (χ2n) is 3.21. The fraction of sp³-hybridized carbons (Fsp3) is 0.600. The van der Waals surface area contributed by atoms with Gasteiger partial charge in [-0.1, -0.05) is 26.8 Å². The highest BCUT2D eigenvalue weighted by Gasteiger charge is 1.94. The Labute approximate surface area is 68.8 Å². The fourth-order valence-corrected chi connectivity index (χ4v) is 0.893. The Morgan fingerprint density at radius 1 is 1.64 bits per heavy atom. The average Bonchev–Trinajstić information content (AvgIpc) is 1.87. The first-order chi connectivity index (χ1) is 5.16. The van der Waals surface area contributed by atoms with Gasteiger partial charge in [-0.25, -0.2) is 4.79 Å². The Bertz CT molecular complexity index is 162. The van der Waals surface area contributed by atoms with E-state index in [-0.39, 0.29) is 0 Å². The minimum atomic E-state index is 0.739. The summed E-state index contributed by atoms with van der Waals surface area (Å²) in [6.07, 6.45) is 4.66. The van der Waals surface area contributed by atoms with E-state index >= 15 is 0 Å². The maximum absolute atomic E-state index is 9.87. The number of allylic oxidation sites excluding steroid dienone is 2. The predicted octanol–water partition coefficient (Wildman–Crippen LogP) is 2.76. The van der Waals surface area contributed by atoms with Crippen molar-refractivity contribution in [1.82, 2.24) is 0 Å². The molecule has 0 aliphatic carbocycles. The molecule has 0 rings (SSSR count). The Hall–Kier alpha value is -0.810. The van der Waals surface area contributed by atoms with Gasteiger partial charge in [-0.05, 0) is 24.3 Å². The van der Waals surface area contributed by atoms with Crippen LogP contribution in [0, 0.1) is 5.92 Å². The van der Waals surface area contributed by atoms with Gasteiger partial charge in [-0.2, -0.15) is 0 Å². The summed E-state index contributed by atoms with van der Waals surface area (Å²) in [6.45, 7) is 8.11. The minimum Gasteiger partial charge on any atom is -0.233 e. The SMILES string of the molecule is C=C(C=C=O)CCCC(C)C. The first-order valence-corrected chi connectivity index (χ1v) is 4.05. The van der Waals surface area contributed by atoms with E-state index in [1.165, 1.54) is 12.5 Å². The number of hydrogen-bond acceptors (Lipinski definition) is 1. The van der Waals surface area contributed by atoms with Crippen molar-refractivity contribution >= 4 is 5.94 Å². The Kier molecular flexibility index (Phi) is 5.50. The van der Waals surface area contributed by atoms with Gasteiger partial charge < -0.3 is 0 Å². The second kappa shape index (κ2) is 5.94. The standard InChI is InChI=1S/C10H16O/c1-9(2)5-4-6-10(3)7-8-11/h7,9H,3-6H2,1-2H3. The van der Waals surface area contributed by atoms with E-state index < -0.39 is 0 Å². The molecule has 0 bridgehead atoms. The van der Waals surface area contributed by atoms with E-state index in [0.29, 0.717) is 0 Å². The molecule has 0 saturated heterocycles. The smallest absolute Gasteiger partial charge is 0.124 e. The lowest BCUT2D eigenvalue weighted by Gasteiger charge is -2.02. The van der Waals surface area contributed by atoms with Crippen LogP contribution in [0.15, 0.2) is 18.2 Å². The van der Waals surface area contributed by atoms with Gasteiger partial charge in [-0.3, -0.25) is 0 Å². The summed E-state index contributed by atoms with van der Waals surface area (Å²) in [5.74, 6) is 2.47. The zero-order chi connectivity index (χ0) is 8.69. The third-order valence-electron chi connectivity index (χ3n) is 1.54. The van der Waals surface area contributed by atoms with Crippen LogP contribution in [0.25, 0.3) is 0 Å². The summed E-state index contributed by atoms with van der Waals surface area (Å²) in [5.41, 5.74) is 0.889. The molecule has 0 saturated carbocycles. The van der Waals surface area contributed by atoms with E-state index in [9.17, 15) is 4.79 Å². The van der Waals surface area contributed by atoms with Crippen molar-refractivity contribution in [2.45, 2.75) is 33.1 Å². The van der Waals surface area contributed by atoms with E-state index in [2.05, 4.69) is 20.4 Å². The molecule has 0 unspecified atom stereocenters. The van der Waals surface area contributed by atoms with Gasteiger partial charge in [0.05, 0.1) is 0 Å². The van der Waals surface area contributed by atoms with Crippen molar-refractivity contribution in [1.29, 1.82) is 0 Å². The highest BCUT2D eigenvalue weighted by Crippen LogP contribution is 2.10. The molecule has 0 spiro atoms. The molecule has 1 nitrogen and oxygen atoms in total. The maximum Gasteiger partial charge on any atom is 0.124 e. The molecule has 0 aromatic heterocycles. The number of hydrogen-bond donors (Lipinski definition) is 0. The van der Waals surface area contributed by atoms with E-state index in [4.69, 9.17) is 0 Å². The number of carbonyl (C=O) groups excluding carboxylic acids is 1. The predicted molar refractivity (Wildman–Crippen MR) is 48.1 cm³/mol. The topological polar surface area (TPSA) is 17.1 Å². The first-order valence-electron chi connectivity index (χ1n) is 4.05. The molecule has 0 fully saturated rings. The Morgan fingerprint density at radius 3 is 2.73 bits per heavy atom. The van der Waals surface area contributed by atoms with Crippen LogP contribution in [0.5, 0.6) is 0 Å². The first kappa shape index (κ1) is 10.2. The van der Waals surface area contributed by atoms with Crippen molar-refractivity contribution in [3.8, 4) is 0 Å². The molecule has 0 radical (unpaired) electrons. The molecule has 0 aliphatic heterocycles. The van der Waals surface area contributed by atoms with Crippen molar-refractivity contribution in [3.63, 3.8) is 0 Å². The molecular weight excluding hydrogens is 136 g/mol. The number of rotatable bonds is 5. The summed E-state index contributed by atoms with van der Waals surface area (Å²) in [6, 6.07) is 0. The van der Waals surface area contributed by atoms with Crippen LogP contribution in [0.4, 0.5) is 0 Å². The quantitative estimate of drug-likeness (QED) is 0.437. The molecule has 62 valence electrons. The maximum atomic E-state index is 9.87. The summed E-state index contributed by atoms with van der Waals surface area (Å²) in [7, 11) is 0. The fourth-order valence-electron chi connectivity index (χ4n) is 0.893. The van der Waals surface area contributed by atoms with Crippen molar-refractivity contribution < 1.29 is 4.79 Å². The molecule has 11 heavy (non-hydrogen) atoms. The monoisotopic (exact) mass is 152 g/mol. The largest absolute Gasteiger partial charge is 0.233 e. The third-order valence-corrected chi connectivity index (χ3v) is 1.54. The Balaban J connectivity index is 3.39. The highest BCUT2D eigenvalue weighted by molar-refractivity contribution is 5.51. The zero-order valence-electron chi connectivity index (χ0n) is 7.39. The lowest BCUT2D eigenvalue weighted by molar-refractivity contribution is 0.556.